The third kappa shape index (κ3) is 1.46. The van der Waals surface area contributed by atoms with Crippen LogP contribution in [-0.4, -0.2) is 29.9 Å². The van der Waals surface area contributed by atoms with Gasteiger partial charge in [-0.15, -0.1) is 0 Å². The average molecular weight is 168 g/mol. The number of hydrogen-bond donors (Lipinski definition) is 1. The molecule has 1 saturated heterocycles. The van der Waals surface area contributed by atoms with Gasteiger partial charge in [0.1, 0.15) is 0 Å². The summed E-state index contributed by atoms with van der Waals surface area (Å²) in [5.74, 6) is 0.472. The molecule has 1 amide bonds. The Morgan fingerprint density at radius 3 is 2.33 bits per heavy atom. The van der Waals surface area contributed by atoms with Crippen LogP contribution in [-0.2, 0) is 4.79 Å². The lowest BCUT2D eigenvalue weighted by atomic mass is 10.1. The van der Waals surface area contributed by atoms with Crippen molar-refractivity contribution in [1.82, 2.24) is 4.90 Å². The van der Waals surface area contributed by atoms with Crippen molar-refractivity contribution >= 4 is 5.91 Å². The second kappa shape index (κ2) is 3.05. The van der Waals surface area contributed by atoms with Crippen molar-refractivity contribution in [1.29, 1.82) is 0 Å². The van der Waals surface area contributed by atoms with E-state index in [-0.39, 0.29) is 11.9 Å². The van der Waals surface area contributed by atoms with Crippen molar-refractivity contribution in [2.45, 2.75) is 31.7 Å². The normalized spacial score (nSPS) is 27.3. The van der Waals surface area contributed by atoms with Gasteiger partial charge in [0.25, 0.3) is 0 Å². The Labute approximate surface area is 72.9 Å². The summed E-state index contributed by atoms with van der Waals surface area (Å²) in [5.41, 5.74) is 5.38. The van der Waals surface area contributed by atoms with Gasteiger partial charge in [0.2, 0.25) is 5.91 Å². The predicted octanol–water partition coefficient (Wildman–Crippen LogP) is 0.346. The first-order valence-corrected chi connectivity index (χ1v) is 4.82. The molecular formula is C9H16N2O. The highest BCUT2D eigenvalue weighted by atomic mass is 16.1. The van der Waals surface area contributed by atoms with Crippen LogP contribution in [0.3, 0.4) is 0 Å². The van der Waals surface area contributed by atoms with Crippen LogP contribution < -0.4 is 5.73 Å². The number of carbonyl (C=O) groups is 1. The number of likely N-dealkylation sites (tertiary alicyclic amines) is 1. The van der Waals surface area contributed by atoms with Crippen molar-refractivity contribution in [3.63, 3.8) is 0 Å². The fourth-order valence-electron chi connectivity index (χ4n) is 2.14. The van der Waals surface area contributed by atoms with Crippen LogP contribution in [0.25, 0.3) is 0 Å². The van der Waals surface area contributed by atoms with Gasteiger partial charge in [-0.25, -0.2) is 0 Å². The highest BCUT2D eigenvalue weighted by Crippen LogP contribution is 2.36. The van der Waals surface area contributed by atoms with E-state index in [1.165, 1.54) is 25.7 Å². The number of carbonyl (C=O) groups excluding carboxylic acids is 1. The second-order valence-corrected chi connectivity index (χ2v) is 3.93. The topological polar surface area (TPSA) is 46.3 Å². The van der Waals surface area contributed by atoms with Gasteiger partial charge in [0.05, 0.1) is 6.04 Å². The molecule has 68 valence electrons. The molecule has 12 heavy (non-hydrogen) atoms. The lowest BCUT2D eigenvalue weighted by Crippen LogP contribution is -2.44. The first-order chi connectivity index (χ1) is 5.79. The van der Waals surface area contributed by atoms with Gasteiger partial charge in [-0.2, -0.15) is 0 Å². The maximum atomic E-state index is 11.1. The molecule has 1 atom stereocenters. The van der Waals surface area contributed by atoms with E-state index in [1.807, 2.05) is 0 Å². The first-order valence-electron chi connectivity index (χ1n) is 4.82. The summed E-state index contributed by atoms with van der Waals surface area (Å²) < 4.78 is 0. The quantitative estimate of drug-likeness (QED) is 0.660. The van der Waals surface area contributed by atoms with Gasteiger partial charge in [-0.05, 0) is 44.7 Å². The van der Waals surface area contributed by atoms with Gasteiger partial charge in [-0.1, -0.05) is 0 Å². The molecule has 3 heteroatoms. The van der Waals surface area contributed by atoms with E-state index in [0.29, 0.717) is 5.92 Å². The summed E-state index contributed by atoms with van der Waals surface area (Å²) in [4.78, 5) is 13.4. The molecule has 0 aromatic carbocycles. The smallest absolute Gasteiger partial charge is 0.235 e. The van der Waals surface area contributed by atoms with E-state index in [4.69, 9.17) is 5.73 Å². The minimum atomic E-state index is -0.112. The molecule has 3 nitrogen and oxygen atoms in total. The number of hydrogen-bond acceptors (Lipinski definition) is 2. The van der Waals surface area contributed by atoms with Gasteiger partial charge in [0, 0.05) is 0 Å². The zero-order chi connectivity index (χ0) is 8.55. The van der Waals surface area contributed by atoms with Gasteiger partial charge >= 0.3 is 0 Å². The largest absolute Gasteiger partial charge is 0.368 e. The van der Waals surface area contributed by atoms with Crippen LogP contribution in [0.4, 0.5) is 0 Å². The SMILES string of the molecule is NC(=O)C(C1CC1)N1CCCC1. The monoisotopic (exact) mass is 168 g/mol. The molecule has 1 aliphatic carbocycles. The molecule has 2 rings (SSSR count). The fourth-order valence-corrected chi connectivity index (χ4v) is 2.14. The minimum absolute atomic E-state index is 0.0625. The molecule has 0 aromatic rings. The van der Waals surface area contributed by atoms with Crippen LogP contribution in [0.5, 0.6) is 0 Å². The Morgan fingerprint density at radius 2 is 1.92 bits per heavy atom. The zero-order valence-electron chi connectivity index (χ0n) is 7.33. The number of amides is 1. The number of nitrogens with two attached hydrogens (primary N) is 1. The Hall–Kier alpha value is -0.570. The van der Waals surface area contributed by atoms with Crippen molar-refractivity contribution < 1.29 is 4.79 Å². The van der Waals surface area contributed by atoms with E-state index in [9.17, 15) is 4.79 Å². The van der Waals surface area contributed by atoms with E-state index in [2.05, 4.69) is 4.90 Å². The third-order valence-corrected chi connectivity index (χ3v) is 2.89. The van der Waals surface area contributed by atoms with Crippen LogP contribution in [0.1, 0.15) is 25.7 Å². The van der Waals surface area contributed by atoms with Crippen LogP contribution in [0.15, 0.2) is 0 Å². The molecule has 1 heterocycles. The maximum absolute atomic E-state index is 11.1. The van der Waals surface area contributed by atoms with Gasteiger partial charge < -0.3 is 5.73 Å². The summed E-state index contributed by atoms with van der Waals surface area (Å²) in [5, 5.41) is 0. The van der Waals surface area contributed by atoms with Gasteiger partial charge in [0.15, 0.2) is 0 Å². The van der Waals surface area contributed by atoms with E-state index in [0.717, 1.165) is 13.1 Å². The number of rotatable bonds is 3. The summed E-state index contributed by atoms with van der Waals surface area (Å²) in [6.45, 7) is 2.15. The molecule has 2 aliphatic rings. The van der Waals surface area contributed by atoms with E-state index >= 15 is 0 Å². The van der Waals surface area contributed by atoms with Crippen molar-refractivity contribution in [2.75, 3.05) is 13.1 Å². The lowest BCUT2D eigenvalue weighted by molar-refractivity contribution is -0.123. The fraction of sp³-hybridized carbons (Fsp3) is 0.889. The first kappa shape index (κ1) is 8.05. The Bertz CT molecular complexity index is 183. The summed E-state index contributed by atoms with van der Waals surface area (Å²) in [6.07, 6.45) is 4.86. The van der Waals surface area contributed by atoms with Crippen LogP contribution in [0, 0.1) is 5.92 Å². The molecule has 0 radical (unpaired) electrons. The van der Waals surface area contributed by atoms with Crippen molar-refractivity contribution in [3.8, 4) is 0 Å². The summed E-state index contributed by atoms with van der Waals surface area (Å²) in [6, 6.07) is 0.0625. The highest BCUT2D eigenvalue weighted by Gasteiger charge is 2.39. The molecule has 0 spiro atoms. The molecule has 2 N–H and O–H groups in total. The lowest BCUT2D eigenvalue weighted by Gasteiger charge is -2.24. The highest BCUT2D eigenvalue weighted by molar-refractivity contribution is 5.80. The van der Waals surface area contributed by atoms with E-state index in [1.54, 1.807) is 0 Å². The number of primary amides is 1. The second-order valence-electron chi connectivity index (χ2n) is 3.93. The Kier molecular flexibility index (Phi) is 2.05. The number of nitrogens with zero attached hydrogens (tertiary/aromatic N) is 1. The van der Waals surface area contributed by atoms with Gasteiger partial charge in [-0.3, -0.25) is 9.69 Å². The molecule has 0 aromatic heterocycles. The standard InChI is InChI=1S/C9H16N2O/c10-9(12)8(7-3-4-7)11-5-1-2-6-11/h7-8H,1-6H2,(H2,10,12). The average Bonchev–Trinajstić information content (AvgIpc) is 2.65. The van der Waals surface area contributed by atoms with Crippen molar-refractivity contribution in [2.24, 2.45) is 11.7 Å². The molecule has 1 unspecified atom stereocenters. The maximum Gasteiger partial charge on any atom is 0.235 e. The van der Waals surface area contributed by atoms with E-state index < -0.39 is 0 Å². The molecule has 0 bridgehead atoms. The molecule has 2 fully saturated rings. The zero-order valence-corrected chi connectivity index (χ0v) is 7.33. The molecule has 1 aliphatic heterocycles. The summed E-state index contributed by atoms with van der Waals surface area (Å²) >= 11 is 0. The molecule has 1 saturated carbocycles. The van der Waals surface area contributed by atoms with Crippen LogP contribution in [0.2, 0.25) is 0 Å². The Morgan fingerprint density at radius 1 is 1.33 bits per heavy atom. The third-order valence-electron chi connectivity index (χ3n) is 2.89. The summed E-state index contributed by atoms with van der Waals surface area (Å²) in [7, 11) is 0. The predicted molar refractivity (Wildman–Crippen MR) is 46.5 cm³/mol. The van der Waals surface area contributed by atoms with Crippen molar-refractivity contribution in [3.05, 3.63) is 0 Å². The Balaban J connectivity index is 1.99. The van der Waals surface area contributed by atoms with Crippen LogP contribution >= 0.6 is 0 Å². The minimum Gasteiger partial charge on any atom is -0.368 e. The molecular weight excluding hydrogens is 152 g/mol.